The van der Waals surface area contributed by atoms with Gasteiger partial charge in [-0.05, 0) is 65.0 Å². The second-order valence-corrected chi connectivity index (χ2v) is 8.44. The summed E-state index contributed by atoms with van der Waals surface area (Å²) < 4.78 is 0. The largest absolute Gasteiger partial charge is 0.391 e. The Hall–Kier alpha value is -0.810. The minimum Gasteiger partial charge on any atom is -0.391 e. The summed E-state index contributed by atoms with van der Waals surface area (Å²) in [6.45, 7) is 0.511. The molecular weight excluding hydrogens is 302 g/mol. The van der Waals surface area contributed by atoms with E-state index in [0.717, 1.165) is 19.3 Å². The predicted octanol–water partition coefficient (Wildman–Crippen LogP) is 2.58. The molecule has 0 unspecified atom stereocenters. The van der Waals surface area contributed by atoms with E-state index in [9.17, 15) is 9.90 Å². The van der Waals surface area contributed by atoms with Crippen LogP contribution in [0, 0.1) is 5.92 Å². The summed E-state index contributed by atoms with van der Waals surface area (Å²) in [5, 5.41) is 13.4. The van der Waals surface area contributed by atoms with Crippen LogP contribution in [-0.4, -0.2) is 65.8 Å². The summed E-state index contributed by atoms with van der Waals surface area (Å²) in [5.41, 5.74) is 0. The van der Waals surface area contributed by atoms with E-state index in [-0.39, 0.29) is 24.2 Å². The maximum atomic E-state index is 12.9. The van der Waals surface area contributed by atoms with Crippen molar-refractivity contribution in [3.8, 4) is 0 Å². The van der Waals surface area contributed by atoms with E-state index in [0.29, 0.717) is 18.5 Å². The van der Waals surface area contributed by atoms with Crippen LogP contribution in [0.2, 0.25) is 0 Å². The molecule has 0 aromatic rings. The highest BCUT2D eigenvalue weighted by Gasteiger charge is 2.40. The number of hydrogen-bond acceptors (Lipinski definition) is 3. The van der Waals surface area contributed by atoms with Gasteiger partial charge in [0, 0.05) is 24.7 Å². The molecule has 2 aliphatic carbocycles. The summed E-state index contributed by atoms with van der Waals surface area (Å²) in [7, 11) is 4.26. The second kappa shape index (κ2) is 8.05. The van der Waals surface area contributed by atoms with Crippen LogP contribution in [-0.2, 0) is 0 Å². The Balaban J connectivity index is 1.58. The van der Waals surface area contributed by atoms with Crippen LogP contribution in [0.15, 0.2) is 0 Å². The summed E-state index contributed by atoms with van der Waals surface area (Å²) in [6, 6.07) is 1.16. The van der Waals surface area contributed by atoms with Crippen molar-refractivity contribution >= 4 is 6.03 Å². The van der Waals surface area contributed by atoms with Crippen molar-refractivity contribution < 1.29 is 9.90 Å². The number of carbonyl (C=O) groups excluding carboxylic acids is 1. The van der Waals surface area contributed by atoms with E-state index >= 15 is 0 Å². The Labute approximate surface area is 146 Å². The van der Waals surface area contributed by atoms with Crippen LogP contribution in [0.1, 0.15) is 64.2 Å². The normalized spacial score (nSPS) is 35.4. The van der Waals surface area contributed by atoms with Gasteiger partial charge >= 0.3 is 6.03 Å². The zero-order chi connectivity index (χ0) is 17.1. The number of aliphatic hydroxyl groups is 1. The molecule has 0 aromatic carbocycles. The van der Waals surface area contributed by atoms with Crippen LogP contribution in [0.3, 0.4) is 0 Å². The Kier molecular flexibility index (Phi) is 6.03. The number of β-amino-alcohol motifs (C(OH)–C–C–N with tert-alkyl or cyclic N) is 1. The van der Waals surface area contributed by atoms with Crippen LogP contribution in [0.5, 0.6) is 0 Å². The zero-order valence-corrected chi connectivity index (χ0v) is 15.4. The summed E-state index contributed by atoms with van der Waals surface area (Å²) in [6.07, 6.45) is 11.3. The SMILES string of the molecule is CN(C)[C@@H]1CCC[C@H](NC(=O)N2C[C@@H](O)C[C@H]2C2CCCCC2)C1. The van der Waals surface area contributed by atoms with Crippen LogP contribution in [0.4, 0.5) is 4.79 Å². The molecule has 3 aliphatic rings. The maximum Gasteiger partial charge on any atom is 0.317 e. The molecule has 5 heteroatoms. The van der Waals surface area contributed by atoms with Crippen LogP contribution >= 0.6 is 0 Å². The molecule has 24 heavy (non-hydrogen) atoms. The Morgan fingerprint density at radius 1 is 1.04 bits per heavy atom. The van der Waals surface area contributed by atoms with Gasteiger partial charge in [-0.1, -0.05) is 19.3 Å². The number of rotatable bonds is 3. The minimum absolute atomic E-state index is 0.0616. The topological polar surface area (TPSA) is 55.8 Å². The smallest absolute Gasteiger partial charge is 0.317 e. The van der Waals surface area contributed by atoms with Gasteiger partial charge in [-0.15, -0.1) is 0 Å². The molecule has 0 aromatic heterocycles. The van der Waals surface area contributed by atoms with Crippen LogP contribution < -0.4 is 5.32 Å². The third-order valence-electron chi connectivity index (χ3n) is 6.48. The summed E-state index contributed by atoms with van der Waals surface area (Å²) in [5.74, 6) is 0.586. The number of likely N-dealkylation sites (tertiary alicyclic amines) is 1. The number of carbonyl (C=O) groups is 1. The van der Waals surface area contributed by atoms with E-state index in [2.05, 4.69) is 24.3 Å². The van der Waals surface area contributed by atoms with Crippen molar-refractivity contribution in [2.75, 3.05) is 20.6 Å². The lowest BCUT2D eigenvalue weighted by atomic mass is 9.83. The fraction of sp³-hybridized carbons (Fsp3) is 0.947. The quantitative estimate of drug-likeness (QED) is 0.832. The molecule has 3 rings (SSSR count). The molecule has 2 amide bonds. The molecule has 1 aliphatic heterocycles. The first-order valence-corrected chi connectivity index (χ1v) is 9.96. The van der Waals surface area contributed by atoms with Crippen molar-refractivity contribution in [2.45, 2.75) is 88.4 Å². The molecule has 1 heterocycles. The van der Waals surface area contributed by atoms with E-state index in [1.165, 1.54) is 44.9 Å². The first-order valence-electron chi connectivity index (χ1n) is 9.96. The van der Waals surface area contributed by atoms with E-state index < -0.39 is 0 Å². The lowest BCUT2D eigenvalue weighted by Gasteiger charge is -2.37. The Bertz CT molecular complexity index is 423. The van der Waals surface area contributed by atoms with Crippen molar-refractivity contribution in [1.82, 2.24) is 15.1 Å². The van der Waals surface area contributed by atoms with E-state index in [1.54, 1.807) is 0 Å². The molecule has 0 radical (unpaired) electrons. The number of nitrogens with zero attached hydrogens (tertiary/aromatic N) is 2. The molecule has 2 N–H and O–H groups in total. The molecule has 3 fully saturated rings. The van der Waals surface area contributed by atoms with Gasteiger partial charge < -0.3 is 20.2 Å². The van der Waals surface area contributed by atoms with Gasteiger partial charge in [0.1, 0.15) is 0 Å². The first kappa shape index (κ1) is 18.0. The van der Waals surface area contributed by atoms with Crippen molar-refractivity contribution in [1.29, 1.82) is 0 Å². The molecule has 5 nitrogen and oxygen atoms in total. The third kappa shape index (κ3) is 4.23. The third-order valence-corrected chi connectivity index (χ3v) is 6.48. The molecule has 1 saturated heterocycles. The van der Waals surface area contributed by atoms with Crippen molar-refractivity contribution in [3.63, 3.8) is 0 Å². The highest BCUT2D eigenvalue weighted by atomic mass is 16.3. The van der Waals surface area contributed by atoms with E-state index in [4.69, 9.17) is 0 Å². The molecule has 4 atom stereocenters. The average Bonchev–Trinajstić information content (AvgIpc) is 2.98. The number of hydrogen-bond donors (Lipinski definition) is 2. The summed E-state index contributed by atoms with van der Waals surface area (Å²) in [4.78, 5) is 17.1. The standard InChI is InChI=1S/C19H35N3O2/c1-21(2)16-10-6-9-15(11-16)20-19(24)22-13-17(23)12-18(22)14-7-4-3-5-8-14/h14-18,23H,3-13H2,1-2H3,(H,20,24)/t15-,16+,17-,18-/m0/s1. The lowest BCUT2D eigenvalue weighted by Crippen LogP contribution is -2.51. The number of aliphatic hydroxyl groups excluding tert-OH is 1. The average molecular weight is 338 g/mol. The molecule has 138 valence electrons. The van der Waals surface area contributed by atoms with Gasteiger partial charge in [-0.2, -0.15) is 0 Å². The number of amides is 2. The molecule has 2 saturated carbocycles. The molecule has 0 spiro atoms. The first-order chi connectivity index (χ1) is 11.5. The maximum absolute atomic E-state index is 12.9. The second-order valence-electron chi connectivity index (χ2n) is 8.44. The monoisotopic (exact) mass is 337 g/mol. The van der Waals surface area contributed by atoms with Crippen molar-refractivity contribution in [2.24, 2.45) is 5.92 Å². The minimum atomic E-state index is -0.344. The zero-order valence-electron chi connectivity index (χ0n) is 15.4. The molecule has 0 bridgehead atoms. The van der Waals surface area contributed by atoms with Gasteiger partial charge in [0.2, 0.25) is 0 Å². The number of nitrogens with one attached hydrogen (secondary N) is 1. The molecular formula is C19H35N3O2. The van der Waals surface area contributed by atoms with Crippen LogP contribution in [0.25, 0.3) is 0 Å². The fourth-order valence-corrected chi connectivity index (χ4v) is 5.06. The highest BCUT2D eigenvalue weighted by Crippen LogP contribution is 2.34. The highest BCUT2D eigenvalue weighted by molar-refractivity contribution is 5.75. The summed E-state index contributed by atoms with van der Waals surface area (Å²) >= 11 is 0. The fourth-order valence-electron chi connectivity index (χ4n) is 5.06. The van der Waals surface area contributed by atoms with Crippen molar-refractivity contribution in [3.05, 3.63) is 0 Å². The Morgan fingerprint density at radius 2 is 1.79 bits per heavy atom. The van der Waals surface area contributed by atoms with Gasteiger partial charge in [-0.3, -0.25) is 0 Å². The lowest BCUT2D eigenvalue weighted by molar-refractivity contribution is 0.142. The van der Waals surface area contributed by atoms with E-state index in [1.807, 2.05) is 4.90 Å². The number of urea groups is 1. The van der Waals surface area contributed by atoms with Gasteiger partial charge in [0.15, 0.2) is 0 Å². The predicted molar refractivity (Wildman–Crippen MR) is 96.0 cm³/mol. The Morgan fingerprint density at radius 3 is 2.50 bits per heavy atom. The van der Waals surface area contributed by atoms with Gasteiger partial charge in [0.25, 0.3) is 0 Å². The van der Waals surface area contributed by atoms with Gasteiger partial charge in [-0.25, -0.2) is 4.79 Å². The van der Waals surface area contributed by atoms with Gasteiger partial charge in [0.05, 0.1) is 6.10 Å².